The fourth-order valence-corrected chi connectivity index (χ4v) is 4.34. The van der Waals surface area contributed by atoms with Crippen molar-refractivity contribution in [2.75, 3.05) is 30.7 Å². The number of halogens is 1. The molecule has 1 saturated heterocycles. The van der Waals surface area contributed by atoms with Crippen molar-refractivity contribution in [2.24, 2.45) is 5.92 Å². The standard InChI is InChI=1S/C21H25ClN2O3S/c1-23(28(2,26)27)20-15-18(8-9-19(20)22)21(25)24-12-10-17(11-13-24)14-16-6-4-3-5-7-16/h3-9,15,17H,10-14H2,1-2H3. The molecule has 0 N–H and O–H groups in total. The maximum absolute atomic E-state index is 12.9. The number of nitrogens with zero attached hydrogens (tertiary/aromatic N) is 2. The highest BCUT2D eigenvalue weighted by Crippen LogP contribution is 2.29. The monoisotopic (exact) mass is 420 g/mol. The summed E-state index contributed by atoms with van der Waals surface area (Å²) in [5.41, 5.74) is 2.10. The van der Waals surface area contributed by atoms with E-state index in [9.17, 15) is 13.2 Å². The molecular formula is C21H25ClN2O3S. The van der Waals surface area contributed by atoms with Crippen LogP contribution in [0.2, 0.25) is 5.02 Å². The number of benzene rings is 2. The van der Waals surface area contributed by atoms with Gasteiger partial charge in [-0.25, -0.2) is 8.42 Å². The number of amides is 1. The van der Waals surface area contributed by atoms with Gasteiger partial charge in [0, 0.05) is 25.7 Å². The summed E-state index contributed by atoms with van der Waals surface area (Å²) in [4.78, 5) is 14.8. The van der Waals surface area contributed by atoms with Gasteiger partial charge in [-0.15, -0.1) is 0 Å². The second-order valence-corrected chi connectivity index (χ2v) is 9.74. The SMILES string of the molecule is CN(c1cc(C(=O)N2CCC(Cc3ccccc3)CC2)ccc1Cl)S(C)(=O)=O. The fraction of sp³-hybridized carbons (Fsp3) is 0.381. The number of rotatable bonds is 5. The lowest BCUT2D eigenvalue weighted by molar-refractivity contribution is 0.0690. The molecule has 28 heavy (non-hydrogen) atoms. The van der Waals surface area contributed by atoms with Crippen LogP contribution in [0.3, 0.4) is 0 Å². The first-order chi connectivity index (χ1) is 13.3. The molecule has 1 aliphatic rings. The van der Waals surface area contributed by atoms with Crippen LogP contribution in [0.4, 0.5) is 5.69 Å². The Hall–Kier alpha value is -2.05. The number of hydrogen-bond donors (Lipinski definition) is 0. The lowest BCUT2D eigenvalue weighted by Crippen LogP contribution is -2.39. The van der Waals surface area contributed by atoms with Gasteiger partial charge in [0.2, 0.25) is 10.0 Å². The van der Waals surface area contributed by atoms with E-state index in [0.717, 1.165) is 29.8 Å². The van der Waals surface area contributed by atoms with E-state index >= 15 is 0 Å². The molecular weight excluding hydrogens is 396 g/mol. The minimum absolute atomic E-state index is 0.0852. The van der Waals surface area contributed by atoms with Gasteiger partial charge in [-0.3, -0.25) is 9.10 Å². The zero-order chi connectivity index (χ0) is 20.3. The van der Waals surface area contributed by atoms with Gasteiger partial charge in [0.05, 0.1) is 17.0 Å². The van der Waals surface area contributed by atoms with Crippen molar-refractivity contribution >= 4 is 33.2 Å². The van der Waals surface area contributed by atoms with Crippen molar-refractivity contribution in [1.29, 1.82) is 0 Å². The van der Waals surface area contributed by atoms with E-state index in [1.165, 1.54) is 12.6 Å². The van der Waals surface area contributed by atoms with Crippen molar-refractivity contribution < 1.29 is 13.2 Å². The predicted molar refractivity (Wildman–Crippen MR) is 113 cm³/mol. The topological polar surface area (TPSA) is 57.7 Å². The van der Waals surface area contributed by atoms with Crippen molar-refractivity contribution in [3.8, 4) is 0 Å². The summed E-state index contributed by atoms with van der Waals surface area (Å²) in [6, 6.07) is 15.2. The normalized spacial score (nSPS) is 15.5. The molecule has 1 heterocycles. The lowest BCUT2D eigenvalue weighted by Gasteiger charge is -2.32. The van der Waals surface area contributed by atoms with Crippen molar-refractivity contribution in [2.45, 2.75) is 19.3 Å². The molecule has 7 heteroatoms. The lowest BCUT2D eigenvalue weighted by atomic mass is 9.90. The Kier molecular flexibility index (Phi) is 6.30. The van der Waals surface area contributed by atoms with Crippen LogP contribution in [0.15, 0.2) is 48.5 Å². The highest BCUT2D eigenvalue weighted by Gasteiger charge is 2.25. The van der Waals surface area contributed by atoms with Gasteiger partial charge in [-0.1, -0.05) is 41.9 Å². The Labute approximate surface area is 172 Å². The molecule has 0 bridgehead atoms. The average Bonchev–Trinajstić information content (AvgIpc) is 2.68. The van der Waals surface area contributed by atoms with Crippen LogP contribution in [0, 0.1) is 5.92 Å². The van der Waals surface area contributed by atoms with Crippen LogP contribution >= 0.6 is 11.6 Å². The fourth-order valence-electron chi connectivity index (χ4n) is 3.54. The molecule has 0 atom stereocenters. The largest absolute Gasteiger partial charge is 0.339 e. The van der Waals surface area contributed by atoms with E-state index in [1.54, 1.807) is 18.2 Å². The van der Waals surface area contributed by atoms with E-state index in [-0.39, 0.29) is 5.91 Å². The molecule has 0 saturated carbocycles. The Morgan fingerprint density at radius 1 is 1.14 bits per heavy atom. The smallest absolute Gasteiger partial charge is 0.253 e. The number of hydrogen-bond acceptors (Lipinski definition) is 3. The summed E-state index contributed by atoms with van der Waals surface area (Å²) in [6.45, 7) is 1.41. The number of sulfonamides is 1. The van der Waals surface area contributed by atoms with E-state index in [0.29, 0.717) is 35.3 Å². The van der Waals surface area contributed by atoms with Crippen molar-refractivity contribution in [3.63, 3.8) is 0 Å². The third kappa shape index (κ3) is 4.86. The maximum atomic E-state index is 12.9. The molecule has 3 rings (SSSR count). The van der Waals surface area contributed by atoms with E-state index in [1.807, 2.05) is 11.0 Å². The van der Waals surface area contributed by atoms with Gasteiger partial charge in [0.15, 0.2) is 0 Å². The third-order valence-corrected chi connectivity index (χ3v) is 6.81. The minimum atomic E-state index is -3.46. The Morgan fingerprint density at radius 3 is 2.39 bits per heavy atom. The van der Waals surface area contributed by atoms with E-state index < -0.39 is 10.0 Å². The number of likely N-dealkylation sites (tertiary alicyclic amines) is 1. The Bertz CT molecular complexity index is 939. The molecule has 0 aliphatic carbocycles. The van der Waals surface area contributed by atoms with Crippen LogP contribution < -0.4 is 4.31 Å². The molecule has 1 aliphatic heterocycles. The summed E-state index contributed by atoms with van der Waals surface area (Å²) in [5, 5.41) is 0.297. The maximum Gasteiger partial charge on any atom is 0.253 e. The number of piperidine rings is 1. The second kappa shape index (κ2) is 8.53. The minimum Gasteiger partial charge on any atom is -0.339 e. The van der Waals surface area contributed by atoms with Crippen LogP contribution in [0.1, 0.15) is 28.8 Å². The summed E-state index contributed by atoms with van der Waals surface area (Å²) in [6.07, 6.45) is 4.07. The zero-order valence-electron chi connectivity index (χ0n) is 16.1. The highest BCUT2D eigenvalue weighted by atomic mass is 35.5. The van der Waals surface area contributed by atoms with Gasteiger partial charge >= 0.3 is 0 Å². The summed E-state index contributed by atoms with van der Waals surface area (Å²) in [5.74, 6) is 0.488. The zero-order valence-corrected chi connectivity index (χ0v) is 17.7. The molecule has 5 nitrogen and oxygen atoms in total. The quantitative estimate of drug-likeness (QED) is 0.738. The average molecular weight is 421 g/mol. The van der Waals surface area contributed by atoms with Crippen LogP contribution in [0.25, 0.3) is 0 Å². The van der Waals surface area contributed by atoms with E-state index in [4.69, 9.17) is 11.6 Å². The van der Waals surface area contributed by atoms with E-state index in [2.05, 4.69) is 24.3 Å². The third-order valence-electron chi connectivity index (χ3n) is 5.30. The molecule has 150 valence electrons. The van der Waals surface area contributed by atoms with Gasteiger partial charge in [-0.05, 0) is 48.9 Å². The summed E-state index contributed by atoms with van der Waals surface area (Å²) < 4.78 is 24.7. The molecule has 1 amide bonds. The van der Waals surface area contributed by atoms with Crippen molar-refractivity contribution in [1.82, 2.24) is 4.90 Å². The molecule has 0 unspecified atom stereocenters. The van der Waals surface area contributed by atoms with Gasteiger partial charge in [0.25, 0.3) is 5.91 Å². The van der Waals surface area contributed by atoms with Gasteiger partial charge in [0.1, 0.15) is 0 Å². The molecule has 0 radical (unpaired) electrons. The first-order valence-electron chi connectivity index (χ1n) is 9.32. The number of carbonyl (C=O) groups excluding carboxylic acids is 1. The first-order valence-corrected chi connectivity index (χ1v) is 11.5. The Balaban J connectivity index is 1.67. The highest BCUT2D eigenvalue weighted by molar-refractivity contribution is 7.92. The molecule has 1 fully saturated rings. The van der Waals surface area contributed by atoms with Crippen LogP contribution in [-0.2, 0) is 16.4 Å². The summed E-state index contributed by atoms with van der Waals surface area (Å²) >= 11 is 6.15. The van der Waals surface area contributed by atoms with Crippen molar-refractivity contribution in [3.05, 3.63) is 64.7 Å². The molecule has 2 aromatic rings. The summed E-state index contributed by atoms with van der Waals surface area (Å²) in [7, 11) is -2.03. The molecule has 2 aromatic carbocycles. The molecule has 0 aromatic heterocycles. The predicted octanol–water partition coefficient (Wildman–Crippen LogP) is 3.83. The van der Waals surface area contributed by atoms with Crippen LogP contribution in [0.5, 0.6) is 0 Å². The first kappa shape index (κ1) is 20.7. The van der Waals surface area contributed by atoms with Gasteiger partial charge < -0.3 is 4.90 Å². The second-order valence-electron chi connectivity index (χ2n) is 7.32. The van der Waals surface area contributed by atoms with Gasteiger partial charge in [-0.2, -0.15) is 0 Å². The molecule has 0 spiro atoms. The number of carbonyl (C=O) groups is 1. The number of anilines is 1. The Morgan fingerprint density at radius 2 is 1.79 bits per heavy atom. The van der Waals surface area contributed by atoms with Crippen LogP contribution in [-0.4, -0.2) is 45.6 Å².